The molecule has 1 amide bonds. The summed E-state index contributed by atoms with van der Waals surface area (Å²) in [5, 5.41) is 25.5. The van der Waals surface area contributed by atoms with E-state index in [2.05, 4.69) is 11.1 Å². The summed E-state index contributed by atoms with van der Waals surface area (Å²) >= 11 is 0. The first-order valence-electron chi connectivity index (χ1n) is 6.81. The maximum atomic E-state index is 11.8. The molecule has 0 aromatic heterocycles. The number of quaternary nitrogens is 2. The Morgan fingerprint density at radius 1 is 1.32 bits per heavy atom. The van der Waals surface area contributed by atoms with Crippen molar-refractivity contribution in [2.24, 2.45) is 0 Å². The Bertz CT molecular complexity index is 532. The Balaban J connectivity index is 2.55. The molecular weight excluding hydrogens is 292 g/mol. The van der Waals surface area contributed by atoms with Gasteiger partial charge in [0.1, 0.15) is 6.04 Å². The molecular formula is C13H19N4O5+. The van der Waals surface area contributed by atoms with Crippen LogP contribution in [-0.2, 0) is 9.59 Å². The fraction of sp³-hybridized carbons (Fsp3) is 0.385. The molecule has 9 nitrogen and oxygen atoms in total. The van der Waals surface area contributed by atoms with E-state index in [1.165, 1.54) is 29.6 Å². The number of nitro groups is 1. The molecule has 0 heterocycles. The van der Waals surface area contributed by atoms with Crippen molar-refractivity contribution in [1.29, 1.82) is 0 Å². The van der Waals surface area contributed by atoms with Crippen LogP contribution in [-0.4, -0.2) is 35.9 Å². The van der Waals surface area contributed by atoms with Crippen LogP contribution in [0, 0.1) is 10.1 Å². The number of amides is 1. The van der Waals surface area contributed by atoms with Gasteiger partial charge in [-0.2, -0.15) is 0 Å². The number of nitro benzene ring substituents is 1. The highest BCUT2D eigenvalue weighted by Gasteiger charge is 2.18. The second-order valence-corrected chi connectivity index (χ2v) is 4.71. The molecule has 6 N–H and O–H groups in total. The number of hydrogen-bond donors (Lipinski definition) is 3. The topological polar surface area (TPSA) is 157 Å². The normalized spacial score (nSPS) is 11.7. The molecule has 1 atom stereocenters. The van der Waals surface area contributed by atoms with Crippen molar-refractivity contribution in [3.8, 4) is 0 Å². The van der Waals surface area contributed by atoms with Gasteiger partial charge in [-0.05, 0) is 12.1 Å². The monoisotopic (exact) mass is 311 g/mol. The average Bonchev–Trinajstić information content (AvgIpc) is 2.46. The highest BCUT2D eigenvalue weighted by Crippen LogP contribution is 2.15. The van der Waals surface area contributed by atoms with Crippen molar-refractivity contribution in [1.82, 2.24) is 0 Å². The maximum absolute atomic E-state index is 11.8. The smallest absolute Gasteiger partial charge is 0.269 e. The zero-order valence-corrected chi connectivity index (χ0v) is 12.0. The summed E-state index contributed by atoms with van der Waals surface area (Å²) < 4.78 is 0. The summed E-state index contributed by atoms with van der Waals surface area (Å²) in [6.45, 7) is 1.23. The largest absolute Gasteiger partial charge is 0.544 e. The van der Waals surface area contributed by atoms with E-state index in [9.17, 15) is 24.8 Å². The number of aliphatic carboxylic acids is 1. The number of hydrogen-bond acceptors (Lipinski definition) is 5. The highest BCUT2D eigenvalue weighted by molar-refractivity contribution is 5.93. The summed E-state index contributed by atoms with van der Waals surface area (Å²) in [5.41, 5.74) is 3.93. The van der Waals surface area contributed by atoms with E-state index < -0.39 is 22.8 Å². The number of rotatable bonds is 9. The average molecular weight is 311 g/mol. The molecule has 1 rings (SSSR count). The molecule has 0 aliphatic carbocycles. The summed E-state index contributed by atoms with van der Waals surface area (Å²) in [6, 6.07) is 4.32. The van der Waals surface area contributed by atoms with E-state index in [4.69, 9.17) is 0 Å². The minimum atomic E-state index is -1.30. The van der Waals surface area contributed by atoms with Crippen molar-refractivity contribution < 1.29 is 30.7 Å². The maximum Gasteiger partial charge on any atom is 0.269 e. The van der Waals surface area contributed by atoms with Gasteiger partial charge in [-0.25, -0.2) is 0 Å². The molecule has 0 aliphatic rings. The van der Waals surface area contributed by atoms with Crippen LogP contribution in [0.15, 0.2) is 24.3 Å². The van der Waals surface area contributed by atoms with Gasteiger partial charge in [-0.15, -0.1) is 0 Å². The van der Waals surface area contributed by atoms with Crippen LogP contribution < -0.4 is 21.5 Å². The van der Waals surface area contributed by atoms with Crippen LogP contribution >= 0.6 is 0 Å². The third-order valence-electron chi connectivity index (χ3n) is 2.98. The SMILES string of the molecule is [NH3+]CCC[NH2+][C@H](CC(=O)Nc1ccc([N+](=O)[O-])cc1)C(=O)[O-]. The van der Waals surface area contributed by atoms with Gasteiger partial charge in [-0.1, -0.05) is 0 Å². The molecule has 0 aliphatic heterocycles. The van der Waals surface area contributed by atoms with E-state index >= 15 is 0 Å². The van der Waals surface area contributed by atoms with Crippen molar-refractivity contribution in [3.05, 3.63) is 34.4 Å². The number of non-ortho nitro benzene ring substituents is 1. The van der Waals surface area contributed by atoms with E-state index in [1.54, 1.807) is 0 Å². The number of nitrogens with two attached hydrogens (primary N) is 1. The lowest BCUT2D eigenvalue weighted by atomic mass is 10.2. The Hall–Kier alpha value is -2.52. The minimum Gasteiger partial charge on any atom is -0.544 e. The van der Waals surface area contributed by atoms with Gasteiger partial charge < -0.3 is 26.3 Å². The molecule has 1 aromatic rings. The number of carboxylic acid groups (broad SMARTS) is 1. The lowest BCUT2D eigenvalue weighted by molar-refractivity contribution is -0.684. The van der Waals surface area contributed by atoms with Crippen LogP contribution in [0.3, 0.4) is 0 Å². The molecule has 120 valence electrons. The highest BCUT2D eigenvalue weighted by atomic mass is 16.6. The quantitative estimate of drug-likeness (QED) is 0.256. The van der Waals surface area contributed by atoms with E-state index in [0.29, 0.717) is 18.8 Å². The summed E-state index contributed by atoms with van der Waals surface area (Å²) in [6.07, 6.45) is 0.504. The lowest BCUT2D eigenvalue weighted by Gasteiger charge is -2.16. The van der Waals surface area contributed by atoms with Crippen LogP contribution in [0.1, 0.15) is 12.8 Å². The molecule has 0 fully saturated rings. The molecule has 22 heavy (non-hydrogen) atoms. The second kappa shape index (κ2) is 8.70. The Labute approximate surface area is 126 Å². The lowest BCUT2D eigenvalue weighted by Crippen LogP contribution is -2.93. The minimum absolute atomic E-state index is 0.0906. The van der Waals surface area contributed by atoms with Crippen molar-refractivity contribution >= 4 is 23.3 Å². The summed E-state index contributed by atoms with van der Waals surface area (Å²) in [4.78, 5) is 32.8. The molecule has 0 saturated carbocycles. The zero-order valence-electron chi connectivity index (χ0n) is 12.0. The standard InChI is InChI=1S/C13H18N4O5/c14-6-1-7-15-11(13(19)20)8-12(18)16-9-2-4-10(5-3-9)17(21)22/h2-5,11,15H,1,6-8,14H2,(H,16,18)(H,19,20)/p+1/t11-/m1/s1. The molecule has 9 heteroatoms. The van der Waals surface area contributed by atoms with Gasteiger partial charge in [0.2, 0.25) is 5.91 Å². The predicted molar refractivity (Wildman–Crippen MR) is 74.3 cm³/mol. The van der Waals surface area contributed by atoms with Crippen LogP contribution in [0.5, 0.6) is 0 Å². The van der Waals surface area contributed by atoms with Crippen molar-refractivity contribution in [2.75, 3.05) is 18.4 Å². The van der Waals surface area contributed by atoms with Gasteiger partial charge in [0.15, 0.2) is 0 Å². The third-order valence-corrected chi connectivity index (χ3v) is 2.98. The first-order valence-corrected chi connectivity index (χ1v) is 6.81. The van der Waals surface area contributed by atoms with Gasteiger partial charge in [0, 0.05) is 24.2 Å². The Kier molecular flexibility index (Phi) is 6.93. The van der Waals surface area contributed by atoms with Gasteiger partial charge in [-0.3, -0.25) is 14.9 Å². The van der Waals surface area contributed by atoms with Gasteiger partial charge in [0.25, 0.3) is 5.69 Å². The number of anilines is 1. The number of benzene rings is 1. The Morgan fingerprint density at radius 2 is 1.95 bits per heavy atom. The molecule has 0 unspecified atom stereocenters. The number of nitrogens with zero attached hydrogens (tertiary/aromatic N) is 1. The first kappa shape index (κ1) is 17.5. The summed E-state index contributed by atoms with van der Waals surface area (Å²) in [7, 11) is 0. The van der Waals surface area contributed by atoms with Gasteiger partial charge >= 0.3 is 0 Å². The molecule has 0 spiro atoms. The first-order chi connectivity index (χ1) is 10.4. The second-order valence-electron chi connectivity index (χ2n) is 4.71. The molecule has 0 radical (unpaired) electrons. The number of carbonyl (C=O) groups excluding carboxylic acids is 2. The predicted octanol–water partition coefficient (Wildman–Crippen LogP) is -2.76. The van der Waals surface area contributed by atoms with Crippen LogP contribution in [0.4, 0.5) is 11.4 Å². The van der Waals surface area contributed by atoms with Gasteiger partial charge in [0.05, 0.1) is 30.4 Å². The van der Waals surface area contributed by atoms with Crippen molar-refractivity contribution in [2.45, 2.75) is 18.9 Å². The summed E-state index contributed by atoms with van der Waals surface area (Å²) in [5.74, 6) is -1.79. The van der Waals surface area contributed by atoms with E-state index in [0.717, 1.165) is 6.42 Å². The molecule has 0 bridgehead atoms. The molecule has 0 saturated heterocycles. The zero-order chi connectivity index (χ0) is 16.5. The number of carbonyl (C=O) groups is 2. The van der Waals surface area contributed by atoms with Crippen LogP contribution in [0.2, 0.25) is 0 Å². The number of nitrogens with one attached hydrogen (secondary N) is 1. The third kappa shape index (κ3) is 5.85. The van der Waals surface area contributed by atoms with E-state index in [-0.39, 0.29) is 12.1 Å². The fourth-order valence-electron chi connectivity index (χ4n) is 1.80. The van der Waals surface area contributed by atoms with Crippen LogP contribution in [0.25, 0.3) is 0 Å². The van der Waals surface area contributed by atoms with E-state index in [1.807, 2.05) is 0 Å². The Morgan fingerprint density at radius 3 is 2.45 bits per heavy atom. The van der Waals surface area contributed by atoms with Crippen molar-refractivity contribution in [3.63, 3.8) is 0 Å². The number of carboxylic acids is 1. The fourth-order valence-corrected chi connectivity index (χ4v) is 1.80. The molecule has 1 aromatic carbocycles.